The molecule has 33 heavy (non-hydrogen) atoms. The van der Waals surface area contributed by atoms with Gasteiger partial charge in [0.2, 0.25) is 5.91 Å². The van der Waals surface area contributed by atoms with Crippen molar-refractivity contribution in [2.75, 3.05) is 11.1 Å². The molecular formula is C27H22N4OS. The zero-order valence-corrected chi connectivity index (χ0v) is 18.9. The topological polar surface area (TPSA) is 59.8 Å². The lowest BCUT2D eigenvalue weighted by Gasteiger charge is -2.11. The molecule has 0 aliphatic heterocycles. The van der Waals surface area contributed by atoms with Crippen LogP contribution in [-0.2, 0) is 4.79 Å². The lowest BCUT2D eigenvalue weighted by atomic mass is 10.1. The molecule has 6 heteroatoms. The highest BCUT2D eigenvalue weighted by Crippen LogP contribution is 2.28. The van der Waals surface area contributed by atoms with E-state index in [1.165, 1.54) is 11.8 Å². The van der Waals surface area contributed by atoms with Gasteiger partial charge in [-0.3, -0.25) is 9.36 Å². The quantitative estimate of drug-likeness (QED) is 0.316. The lowest BCUT2D eigenvalue weighted by molar-refractivity contribution is -0.113. The van der Waals surface area contributed by atoms with Crippen LogP contribution in [0, 0.1) is 6.92 Å². The predicted octanol–water partition coefficient (Wildman–Crippen LogP) is 6.13. The van der Waals surface area contributed by atoms with Crippen molar-refractivity contribution in [1.29, 1.82) is 0 Å². The molecule has 1 amide bonds. The van der Waals surface area contributed by atoms with Gasteiger partial charge in [-0.2, -0.15) is 0 Å². The molecule has 0 spiro atoms. The fraction of sp³-hybridized carbons (Fsp3) is 0.0741. The van der Waals surface area contributed by atoms with Crippen LogP contribution in [-0.4, -0.2) is 26.4 Å². The van der Waals surface area contributed by atoms with E-state index in [1.807, 2.05) is 83.4 Å². The molecule has 0 saturated carbocycles. The Balaban J connectivity index is 1.38. The number of hydrogen-bond acceptors (Lipinski definition) is 4. The fourth-order valence-electron chi connectivity index (χ4n) is 3.74. The highest BCUT2D eigenvalue weighted by Gasteiger charge is 2.17. The van der Waals surface area contributed by atoms with E-state index < -0.39 is 0 Å². The number of anilines is 1. The second kappa shape index (κ2) is 9.30. The van der Waals surface area contributed by atoms with Gasteiger partial charge in [0.25, 0.3) is 0 Å². The molecule has 5 nitrogen and oxygen atoms in total. The largest absolute Gasteiger partial charge is 0.325 e. The SMILES string of the molecule is Cc1cccc(-c2nnc(SCC(=O)Nc3ccc4ccccc4c3)n2-c2ccccc2)c1. The molecule has 0 fully saturated rings. The van der Waals surface area contributed by atoms with Crippen LogP contribution < -0.4 is 5.32 Å². The summed E-state index contributed by atoms with van der Waals surface area (Å²) < 4.78 is 2.00. The third-order valence-corrected chi connectivity index (χ3v) is 6.22. The maximum Gasteiger partial charge on any atom is 0.234 e. The third-order valence-electron chi connectivity index (χ3n) is 5.29. The van der Waals surface area contributed by atoms with Crippen LogP contribution in [0.1, 0.15) is 5.56 Å². The first-order chi connectivity index (χ1) is 16.2. The third kappa shape index (κ3) is 4.66. The number of fused-ring (bicyclic) bond motifs is 1. The van der Waals surface area contributed by atoms with Crippen molar-refractivity contribution in [3.8, 4) is 17.1 Å². The van der Waals surface area contributed by atoms with Crippen molar-refractivity contribution in [2.45, 2.75) is 12.1 Å². The van der Waals surface area contributed by atoms with Crippen molar-refractivity contribution in [3.63, 3.8) is 0 Å². The summed E-state index contributed by atoms with van der Waals surface area (Å²) >= 11 is 1.37. The van der Waals surface area contributed by atoms with Crippen LogP contribution in [0.3, 0.4) is 0 Å². The lowest BCUT2D eigenvalue weighted by Crippen LogP contribution is -2.14. The molecule has 0 bridgehead atoms. The molecule has 5 aromatic rings. The van der Waals surface area contributed by atoms with E-state index in [2.05, 4.69) is 40.6 Å². The first kappa shape index (κ1) is 21.0. The number of thioether (sulfide) groups is 1. The summed E-state index contributed by atoms with van der Waals surface area (Å²) in [6, 6.07) is 32.2. The summed E-state index contributed by atoms with van der Waals surface area (Å²) in [5, 5.41) is 14.8. The number of hydrogen-bond donors (Lipinski definition) is 1. The average Bonchev–Trinajstić information content (AvgIpc) is 3.27. The molecule has 1 N–H and O–H groups in total. The van der Waals surface area contributed by atoms with Crippen LogP contribution in [0.4, 0.5) is 5.69 Å². The minimum absolute atomic E-state index is 0.0880. The van der Waals surface area contributed by atoms with E-state index >= 15 is 0 Å². The van der Waals surface area contributed by atoms with Crippen LogP contribution >= 0.6 is 11.8 Å². The molecule has 4 aromatic carbocycles. The number of nitrogens with zero attached hydrogens (tertiary/aromatic N) is 3. The molecule has 0 radical (unpaired) electrons. The minimum atomic E-state index is -0.0880. The first-order valence-corrected chi connectivity index (χ1v) is 11.7. The van der Waals surface area contributed by atoms with Crippen molar-refractivity contribution >= 4 is 34.1 Å². The molecule has 162 valence electrons. The Morgan fingerprint density at radius 2 is 1.64 bits per heavy atom. The van der Waals surface area contributed by atoms with Gasteiger partial charge in [0.05, 0.1) is 5.75 Å². The van der Waals surface area contributed by atoms with E-state index in [1.54, 1.807) is 0 Å². The molecule has 0 aliphatic carbocycles. The molecule has 0 atom stereocenters. The van der Waals surface area contributed by atoms with Crippen LogP contribution in [0.15, 0.2) is 102 Å². The average molecular weight is 451 g/mol. The Labute approximate surface area is 196 Å². The molecule has 0 unspecified atom stereocenters. The standard InChI is InChI=1S/C27H22N4OS/c1-19-8-7-11-22(16-19)26-29-30-27(31(26)24-12-3-2-4-13-24)33-18-25(32)28-23-15-14-20-9-5-6-10-21(20)17-23/h2-17H,18H2,1H3,(H,28,32). The smallest absolute Gasteiger partial charge is 0.234 e. The number of aryl methyl sites for hydroxylation is 1. The second-order valence-electron chi connectivity index (χ2n) is 7.75. The van der Waals surface area contributed by atoms with Crippen LogP contribution in [0.25, 0.3) is 27.8 Å². The highest BCUT2D eigenvalue weighted by atomic mass is 32.2. The number of para-hydroxylation sites is 1. The number of carbonyl (C=O) groups is 1. The van der Waals surface area contributed by atoms with Gasteiger partial charge in [-0.15, -0.1) is 10.2 Å². The number of amides is 1. The fourth-order valence-corrected chi connectivity index (χ4v) is 4.49. The normalized spacial score (nSPS) is 10.9. The van der Waals surface area contributed by atoms with Gasteiger partial charge in [0.15, 0.2) is 11.0 Å². The zero-order chi connectivity index (χ0) is 22.6. The number of carbonyl (C=O) groups excluding carboxylic acids is 1. The number of aromatic nitrogens is 3. The van der Waals surface area contributed by atoms with Gasteiger partial charge in [-0.1, -0.05) is 84.1 Å². The van der Waals surface area contributed by atoms with Gasteiger partial charge in [-0.25, -0.2) is 0 Å². The summed E-state index contributed by atoms with van der Waals surface area (Å²) in [6.45, 7) is 2.06. The Kier molecular flexibility index (Phi) is 5.91. The Hall–Kier alpha value is -3.90. The van der Waals surface area contributed by atoms with E-state index in [4.69, 9.17) is 0 Å². The number of rotatable bonds is 6. The summed E-state index contributed by atoms with van der Waals surface area (Å²) in [4.78, 5) is 12.7. The summed E-state index contributed by atoms with van der Waals surface area (Å²) in [6.07, 6.45) is 0. The minimum Gasteiger partial charge on any atom is -0.325 e. The molecule has 1 heterocycles. The van der Waals surface area contributed by atoms with E-state index in [0.29, 0.717) is 5.16 Å². The van der Waals surface area contributed by atoms with Crippen LogP contribution in [0.5, 0.6) is 0 Å². The number of benzene rings is 4. The van der Waals surface area contributed by atoms with Gasteiger partial charge >= 0.3 is 0 Å². The van der Waals surface area contributed by atoms with Gasteiger partial charge < -0.3 is 5.32 Å². The summed E-state index contributed by atoms with van der Waals surface area (Å²) in [5.41, 5.74) is 3.87. The van der Waals surface area contributed by atoms with Crippen molar-refractivity contribution in [2.24, 2.45) is 0 Å². The van der Waals surface area contributed by atoms with E-state index in [0.717, 1.165) is 39.1 Å². The maximum atomic E-state index is 12.7. The Bertz CT molecular complexity index is 1430. The van der Waals surface area contributed by atoms with Crippen molar-refractivity contribution < 1.29 is 4.79 Å². The zero-order valence-electron chi connectivity index (χ0n) is 18.1. The van der Waals surface area contributed by atoms with Crippen molar-refractivity contribution in [1.82, 2.24) is 14.8 Å². The molecule has 5 rings (SSSR count). The highest BCUT2D eigenvalue weighted by molar-refractivity contribution is 7.99. The van der Waals surface area contributed by atoms with Gasteiger partial charge in [-0.05, 0) is 48.0 Å². The van der Waals surface area contributed by atoms with Gasteiger partial charge in [0.1, 0.15) is 0 Å². The monoisotopic (exact) mass is 450 g/mol. The number of nitrogens with one attached hydrogen (secondary N) is 1. The maximum absolute atomic E-state index is 12.7. The predicted molar refractivity (Wildman–Crippen MR) is 135 cm³/mol. The molecule has 0 aliphatic rings. The van der Waals surface area contributed by atoms with Gasteiger partial charge in [0, 0.05) is 16.9 Å². The first-order valence-electron chi connectivity index (χ1n) is 10.7. The molecule has 0 saturated heterocycles. The van der Waals surface area contributed by atoms with Crippen molar-refractivity contribution in [3.05, 3.63) is 103 Å². The summed E-state index contributed by atoms with van der Waals surface area (Å²) in [5.74, 6) is 0.892. The van der Waals surface area contributed by atoms with E-state index in [-0.39, 0.29) is 11.7 Å². The summed E-state index contributed by atoms with van der Waals surface area (Å²) in [7, 11) is 0. The molecule has 1 aromatic heterocycles. The van der Waals surface area contributed by atoms with Crippen LogP contribution in [0.2, 0.25) is 0 Å². The Morgan fingerprint density at radius 1 is 0.848 bits per heavy atom. The second-order valence-corrected chi connectivity index (χ2v) is 8.69. The molecular weight excluding hydrogens is 428 g/mol. The van der Waals surface area contributed by atoms with E-state index in [9.17, 15) is 4.79 Å². The Morgan fingerprint density at radius 3 is 2.45 bits per heavy atom.